The van der Waals surface area contributed by atoms with Crippen molar-refractivity contribution in [3.05, 3.63) is 0 Å². The van der Waals surface area contributed by atoms with Crippen LogP contribution in [0.3, 0.4) is 0 Å². The third kappa shape index (κ3) is 6.48. The lowest BCUT2D eigenvalue weighted by Crippen LogP contribution is -2.42. The van der Waals surface area contributed by atoms with Gasteiger partial charge in [-0.25, -0.2) is 0 Å². The summed E-state index contributed by atoms with van der Waals surface area (Å²) in [7, 11) is 0. The van der Waals surface area contributed by atoms with E-state index >= 15 is 0 Å². The Balaban J connectivity index is 2.54. The molecule has 1 heteroatoms. The smallest absolute Gasteiger partial charge is 0.0120 e. The number of rotatable bonds is 5. The minimum absolute atomic E-state index is 0.237. The zero-order chi connectivity index (χ0) is 14.3. The summed E-state index contributed by atoms with van der Waals surface area (Å²) in [5.74, 6) is 9.01. The van der Waals surface area contributed by atoms with E-state index in [4.69, 9.17) is 0 Å². The van der Waals surface area contributed by atoms with Crippen LogP contribution >= 0.6 is 0 Å². The van der Waals surface area contributed by atoms with Gasteiger partial charge in [-0.1, -0.05) is 26.2 Å². The van der Waals surface area contributed by atoms with Gasteiger partial charge in [0.25, 0.3) is 0 Å². The number of hydrogen-bond acceptors (Lipinski definition) is 1. The molecule has 0 amide bonds. The third-order valence-electron chi connectivity index (χ3n) is 4.38. The SMILES string of the molecule is CC#CCC1CC(CCC)CCC1CNC(C)(C)C. The maximum atomic E-state index is 3.70. The lowest BCUT2D eigenvalue weighted by Gasteiger charge is -2.37. The fraction of sp³-hybridized carbons (Fsp3) is 0.889. The molecule has 0 saturated heterocycles. The van der Waals surface area contributed by atoms with Gasteiger partial charge in [0.15, 0.2) is 0 Å². The van der Waals surface area contributed by atoms with Gasteiger partial charge in [-0.2, -0.15) is 0 Å². The van der Waals surface area contributed by atoms with E-state index in [2.05, 4.69) is 44.9 Å². The highest BCUT2D eigenvalue weighted by atomic mass is 14.9. The largest absolute Gasteiger partial charge is 0.312 e. The van der Waals surface area contributed by atoms with Gasteiger partial charge in [-0.3, -0.25) is 0 Å². The predicted octanol–water partition coefficient (Wildman–Crippen LogP) is 4.62. The second kappa shape index (κ2) is 7.95. The maximum absolute atomic E-state index is 3.70. The highest BCUT2D eigenvalue weighted by molar-refractivity contribution is 4.99. The van der Waals surface area contributed by atoms with E-state index < -0.39 is 0 Å². The van der Waals surface area contributed by atoms with Crippen LogP contribution in [0, 0.1) is 29.6 Å². The van der Waals surface area contributed by atoms with E-state index in [-0.39, 0.29) is 5.54 Å². The highest BCUT2D eigenvalue weighted by Gasteiger charge is 2.30. The van der Waals surface area contributed by atoms with Crippen molar-refractivity contribution in [2.75, 3.05) is 6.54 Å². The summed E-state index contributed by atoms with van der Waals surface area (Å²) in [4.78, 5) is 0. The Bertz CT molecular complexity index is 302. The van der Waals surface area contributed by atoms with E-state index in [1.165, 1.54) is 38.6 Å². The van der Waals surface area contributed by atoms with Crippen molar-refractivity contribution < 1.29 is 0 Å². The van der Waals surface area contributed by atoms with Crippen LogP contribution in [0.4, 0.5) is 0 Å². The molecule has 0 bridgehead atoms. The van der Waals surface area contributed by atoms with Crippen LogP contribution in [0.1, 0.15) is 73.1 Å². The molecule has 0 heterocycles. The molecular weight excluding hydrogens is 230 g/mol. The van der Waals surface area contributed by atoms with Crippen molar-refractivity contribution in [1.82, 2.24) is 5.32 Å². The Morgan fingerprint density at radius 2 is 1.89 bits per heavy atom. The van der Waals surface area contributed by atoms with E-state index in [0.29, 0.717) is 0 Å². The topological polar surface area (TPSA) is 12.0 Å². The van der Waals surface area contributed by atoms with Crippen LogP contribution in [-0.4, -0.2) is 12.1 Å². The van der Waals surface area contributed by atoms with E-state index in [0.717, 1.165) is 24.2 Å². The zero-order valence-electron chi connectivity index (χ0n) is 13.7. The van der Waals surface area contributed by atoms with Gasteiger partial charge in [0.05, 0.1) is 0 Å². The quantitative estimate of drug-likeness (QED) is 0.714. The van der Waals surface area contributed by atoms with Gasteiger partial charge >= 0.3 is 0 Å². The molecule has 1 rings (SSSR count). The maximum Gasteiger partial charge on any atom is 0.0120 e. The van der Waals surface area contributed by atoms with Gasteiger partial charge in [0.1, 0.15) is 0 Å². The van der Waals surface area contributed by atoms with Crippen molar-refractivity contribution in [2.45, 2.75) is 78.7 Å². The van der Waals surface area contributed by atoms with E-state index in [1.807, 2.05) is 6.92 Å². The second-order valence-electron chi connectivity index (χ2n) is 7.25. The molecule has 3 atom stereocenters. The Labute approximate surface area is 120 Å². The summed E-state index contributed by atoms with van der Waals surface area (Å²) in [6.07, 6.45) is 8.08. The zero-order valence-corrected chi connectivity index (χ0v) is 13.7. The Hall–Kier alpha value is -0.480. The van der Waals surface area contributed by atoms with Gasteiger partial charge in [0, 0.05) is 12.0 Å². The number of nitrogens with one attached hydrogen (secondary N) is 1. The summed E-state index contributed by atoms with van der Waals surface area (Å²) in [5.41, 5.74) is 0.237. The molecule has 1 aliphatic carbocycles. The minimum atomic E-state index is 0.237. The molecule has 1 nitrogen and oxygen atoms in total. The Morgan fingerprint density at radius 3 is 2.47 bits per heavy atom. The normalized spacial score (nSPS) is 27.7. The van der Waals surface area contributed by atoms with E-state index in [1.54, 1.807) is 0 Å². The Morgan fingerprint density at radius 1 is 1.16 bits per heavy atom. The van der Waals surface area contributed by atoms with Crippen LogP contribution in [0.5, 0.6) is 0 Å². The standard InChI is InChI=1S/C18H33N/c1-6-8-10-16-13-15(9-7-2)11-12-17(16)14-19-18(3,4)5/h15-17,19H,7,9-14H2,1-5H3. The van der Waals surface area contributed by atoms with Crippen LogP contribution in [0.15, 0.2) is 0 Å². The summed E-state index contributed by atoms with van der Waals surface area (Å²) >= 11 is 0. The molecule has 0 radical (unpaired) electrons. The molecule has 1 aliphatic rings. The van der Waals surface area contributed by atoms with Gasteiger partial charge in [-0.05, 0) is 64.8 Å². The lowest BCUT2D eigenvalue weighted by molar-refractivity contribution is 0.163. The molecule has 0 aromatic rings. The fourth-order valence-electron chi connectivity index (χ4n) is 3.28. The fourth-order valence-corrected chi connectivity index (χ4v) is 3.28. The predicted molar refractivity (Wildman–Crippen MR) is 85.1 cm³/mol. The van der Waals surface area contributed by atoms with Crippen LogP contribution in [-0.2, 0) is 0 Å². The monoisotopic (exact) mass is 263 g/mol. The van der Waals surface area contributed by atoms with Gasteiger partial charge in [-0.15, -0.1) is 11.8 Å². The molecule has 0 aliphatic heterocycles. The third-order valence-corrected chi connectivity index (χ3v) is 4.38. The van der Waals surface area contributed by atoms with E-state index in [9.17, 15) is 0 Å². The average molecular weight is 263 g/mol. The molecule has 0 spiro atoms. The van der Waals surface area contributed by atoms with Crippen LogP contribution < -0.4 is 5.32 Å². The first-order valence-electron chi connectivity index (χ1n) is 8.11. The van der Waals surface area contributed by atoms with Crippen molar-refractivity contribution >= 4 is 0 Å². The van der Waals surface area contributed by atoms with Crippen LogP contribution in [0.25, 0.3) is 0 Å². The molecule has 1 N–H and O–H groups in total. The lowest BCUT2D eigenvalue weighted by atomic mass is 9.71. The average Bonchev–Trinajstić information content (AvgIpc) is 2.34. The second-order valence-corrected chi connectivity index (χ2v) is 7.25. The van der Waals surface area contributed by atoms with Crippen molar-refractivity contribution in [3.63, 3.8) is 0 Å². The summed E-state index contributed by atoms with van der Waals surface area (Å²) in [6, 6.07) is 0. The summed E-state index contributed by atoms with van der Waals surface area (Å²) < 4.78 is 0. The number of hydrogen-bond donors (Lipinski definition) is 1. The van der Waals surface area contributed by atoms with Crippen molar-refractivity contribution in [2.24, 2.45) is 17.8 Å². The summed E-state index contributed by atoms with van der Waals surface area (Å²) in [5, 5.41) is 3.70. The molecular formula is C18H33N. The van der Waals surface area contributed by atoms with Crippen LogP contribution in [0.2, 0.25) is 0 Å². The molecule has 0 aromatic carbocycles. The Kier molecular flexibility index (Phi) is 6.94. The minimum Gasteiger partial charge on any atom is -0.312 e. The molecule has 0 aromatic heterocycles. The molecule has 19 heavy (non-hydrogen) atoms. The first kappa shape index (κ1) is 16.6. The summed E-state index contributed by atoms with van der Waals surface area (Å²) in [6.45, 7) is 12.2. The first-order chi connectivity index (χ1) is 8.96. The molecule has 1 saturated carbocycles. The molecule has 1 fully saturated rings. The molecule has 110 valence electrons. The van der Waals surface area contributed by atoms with Crippen molar-refractivity contribution in [3.8, 4) is 11.8 Å². The highest BCUT2D eigenvalue weighted by Crippen LogP contribution is 2.37. The molecule has 3 unspecified atom stereocenters. The van der Waals surface area contributed by atoms with Crippen molar-refractivity contribution in [1.29, 1.82) is 0 Å². The van der Waals surface area contributed by atoms with Gasteiger partial charge < -0.3 is 5.32 Å². The van der Waals surface area contributed by atoms with Gasteiger partial charge in [0.2, 0.25) is 0 Å². The first-order valence-corrected chi connectivity index (χ1v) is 8.11.